The number of halogens is 1. The lowest BCUT2D eigenvalue weighted by Crippen LogP contribution is -2.49. The maximum Gasteiger partial charge on any atom is 0.243 e. The number of hydrogen-bond donors (Lipinski definition) is 0. The van der Waals surface area contributed by atoms with Gasteiger partial charge in [0.1, 0.15) is 17.5 Å². The van der Waals surface area contributed by atoms with Crippen LogP contribution in [0.4, 0.5) is 16.0 Å². The largest absolute Gasteiger partial charge is 0.491 e. The predicted molar refractivity (Wildman–Crippen MR) is 125 cm³/mol. The molecular formula is C22H31FN6O3S. The zero-order valence-corrected chi connectivity index (χ0v) is 20.2. The van der Waals surface area contributed by atoms with Crippen molar-refractivity contribution >= 4 is 21.7 Å². The number of aromatic nitrogens is 2. The molecule has 0 radical (unpaired) electrons. The first-order valence-electron chi connectivity index (χ1n) is 11.2. The number of benzene rings is 1. The highest BCUT2D eigenvalue weighted by atomic mass is 32.2. The number of likely N-dealkylation sites (N-methyl/N-ethyl adjacent to an activating group) is 1. The number of piperazine rings is 2. The Kier molecular flexibility index (Phi) is 7.01. The molecule has 3 heterocycles. The third kappa shape index (κ3) is 5.20. The summed E-state index contributed by atoms with van der Waals surface area (Å²) in [5, 5.41) is 0. The molecule has 0 aliphatic carbocycles. The molecule has 0 amide bonds. The second-order valence-corrected chi connectivity index (χ2v) is 10.3. The molecule has 11 heteroatoms. The molecule has 0 bridgehead atoms. The molecule has 0 unspecified atom stereocenters. The van der Waals surface area contributed by atoms with Crippen LogP contribution >= 0.6 is 0 Å². The van der Waals surface area contributed by atoms with Crippen LogP contribution < -0.4 is 14.5 Å². The molecule has 1 aromatic heterocycles. The van der Waals surface area contributed by atoms with Crippen LogP contribution in [-0.4, -0.2) is 93.6 Å². The first-order chi connectivity index (χ1) is 15.8. The zero-order valence-electron chi connectivity index (χ0n) is 19.4. The smallest absolute Gasteiger partial charge is 0.243 e. The van der Waals surface area contributed by atoms with Crippen LogP contribution in [-0.2, 0) is 10.0 Å². The molecule has 2 saturated heterocycles. The van der Waals surface area contributed by atoms with Gasteiger partial charge in [-0.2, -0.15) is 4.31 Å². The van der Waals surface area contributed by atoms with Crippen molar-refractivity contribution in [2.45, 2.75) is 18.7 Å². The molecule has 4 rings (SSSR count). The number of aryl methyl sites for hydroxylation is 1. The van der Waals surface area contributed by atoms with E-state index in [2.05, 4.69) is 31.7 Å². The van der Waals surface area contributed by atoms with E-state index in [1.54, 1.807) is 6.92 Å². The van der Waals surface area contributed by atoms with Crippen LogP contribution in [0.25, 0.3) is 0 Å². The SMILES string of the molecule is CCOc1ccc(S(=O)(=O)N2CCN(c3cc(N4CCN(C)CC4)nc(C)n3)CC2)cc1F. The van der Waals surface area contributed by atoms with Crippen LogP contribution in [0.1, 0.15) is 12.7 Å². The topological polar surface area (TPSA) is 82.1 Å². The first-order valence-corrected chi connectivity index (χ1v) is 12.7. The molecular weight excluding hydrogens is 447 g/mol. The summed E-state index contributed by atoms with van der Waals surface area (Å²) in [6.07, 6.45) is 0. The Labute approximate surface area is 194 Å². The standard InChI is InChI=1S/C22H31FN6O3S/c1-4-32-20-6-5-18(15-19(20)23)33(30,31)29-13-11-28(12-14-29)22-16-21(24-17(2)25-22)27-9-7-26(3)8-10-27/h5-6,15-16H,4,7-14H2,1-3H3. The van der Waals surface area contributed by atoms with E-state index >= 15 is 0 Å². The average molecular weight is 479 g/mol. The summed E-state index contributed by atoms with van der Waals surface area (Å²) < 4.78 is 46.9. The van der Waals surface area contributed by atoms with Gasteiger partial charge in [0, 0.05) is 58.4 Å². The minimum absolute atomic E-state index is 0.0524. The highest BCUT2D eigenvalue weighted by Crippen LogP contribution is 2.26. The normalized spacial score (nSPS) is 18.5. The van der Waals surface area contributed by atoms with Crippen molar-refractivity contribution in [2.75, 3.05) is 75.8 Å². The van der Waals surface area contributed by atoms with E-state index in [0.717, 1.165) is 43.9 Å². The molecule has 0 spiro atoms. The van der Waals surface area contributed by atoms with E-state index in [0.29, 0.717) is 38.6 Å². The Balaban J connectivity index is 1.45. The Morgan fingerprint density at radius 2 is 1.52 bits per heavy atom. The second-order valence-electron chi connectivity index (χ2n) is 8.34. The van der Waals surface area contributed by atoms with Gasteiger partial charge in [-0.1, -0.05) is 0 Å². The van der Waals surface area contributed by atoms with Gasteiger partial charge in [0.2, 0.25) is 10.0 Å². The number of hydrogen-bond acceptors (Lipinski definition) is 8. The zero-order chi connectivity index (χ0) is 23.6. The molecule has 0 N–H and O–H groups in total. The molecule has 33 heavy (non-hydrogen) atoms. The first kappa shape index (κ1) is 23.7. The number of rotatable bonds is 6. The van der Waals surface area contributed by atoms with Crippen molar-refractivity contribution in [1.82, 2.24) is 19.2 Å². The minimum atomic E-state index is -3.80. The van der Waals surface area contributed by atoms with Crippen molar-refractivity contribution in [3.63, 3.8) is 0 Å². The summed E-state index contributed by atoms with van der Waals surface area (Å²) in [7, 11) is -1.68. The van der Waals surface area contributed by atoms with Crippen molar-refractivity contribution in [3.05, 3.63) is 35.9 Å². The van der Waals surface area contributed by atoms with Crippen molar-refractivity contribution < 1.29 is 17.5 Å². The molecule has 180 valence electrons. The third-order valence-corrected chi connectivity index (χ3v) is 7.94. The lowest BCUT2D eigenvalue weighted by Gasteiger charge is -2.36. The lowest BCUT2D eigenvalue weighted by molar-refractivity contribution is 0.312. The number of ether oxygens (including phenoxy) is 1. The molecule has 0 atom stereocenters. The van der Waals surface area contributed by atoms with Gasteiger partial charge >= 0.3 is 0 Å². The van der Waals surface area contributed by atoms with Gasteiger partial charge in [0.15, 0.2) is 11.6 Å². The van der Waals surface area contributed by atoms with E-state index in [9.17, 15) is 12.8 Å². The van der Waals surface area contributed by atoms with Gasteiger partial charge in [-0.15, -0.1) is 0 Å². The average Bonchev–Trinajstić information content (AvgIpc) is 2.80. The summed E-state index contributed by atoms with van der Waals surface area (Å²) in [5.74, 6) is 1.79. The Hall–Kier alpha value is -2.50. The number of sulfonamides is 1. The molecule has 2 aromatic rings. The van der Waals surface area contributed by atoms with Crippen LogP contribution in [0.3, 0.4) is 0 Å². The van der Waals surface area contributed by atoms with Crippen molar-refractivity contribution in [3.8, 4) is 5.75 Å². The minimum Gasteiger partial charge on any atom is -0.491 e. The van der Waals surface area contributed by atoms with Gasteiger partial charge in [-0.05, 0) is 39.1 Å². The Morgan fingerprint density at radius 1 is 0.939 bits per heavy atom. The maximum absolute atomic E-state index is 14.2. The fourth-order valence-electron chi connectivity index (χ4n) is 4.12. The van der Waals surface area contributed by atoms with Crippen molar-refractivity contribution in [2.24, 2.45) is 0 Å². The molecule has 9 nitrogen and oxygen atoms in total. The summed E-state index contributed by atoms with van der Waals surface area (Å²) in [5.41, 5.74) is 0. The fourth-order valence-corrected chi connectivity index (χ4v) is 5.55. The predicted octanol–water partition coefficient (Wildman–Crippen LogP) is 1.59. The van der Waals surface area contributed by atoms with Gasteiger partial charge in [0.05, 0.1) is 11.5 Å². The molecule has 2 fully saturated rings. The summed E-state index contributed by atoms with van der Waals surface area (Å²) in [6, 6.07) is 5.78. The van der Waals surface area contributed by atoms with Crippen LogP contribution in [0.15, 0.2) is 29.2 Å². The van der Waals surface area contributed by atoms with Gasteiger partial charge in [0.25, 0.3) is 0 Å². The van der Waals surface area contributed by atoms with Crippen LogP contribution in [0.5, 0.6) is 5.75 Å². The second kappa shape index (κ2) is 9.78. The van der Waals surface area contributed by atoms with Gasteiger partial charge < -0.3 is 19.4 Å². The highest BCUT2D eigenvalue weighted by Gasteiger charge is 2.30. The number of nitrogens with zero attached hydrogens (tertiary/aromatic N) is 6. The molecule has 2 aliphatic rings. The lowest BCUT2D eigenvalue weighted by atomic mass is 10.3. The monoisotopic (exact) mass is 478 g/mol. The highest BCUT2D eigenvalue weighted by molar-refractivity contribution is 7.89. The quantitative estimate of drug-likeness (QED) is 0.619. The summed E-state index contributed by atoms with van der Waals surface area (Å²) >= 11 is 0. The number of anilines is 2. The Morgan fingerprint density at radius 3 is 2.06 bits per heavy atom. The van der Waals surface area contributed by atoms with Crippen LogP contribution in [0, 0.1) is 12.7 Å². The summed E-state index contributed by atoms with van der Waals surface area (Å²) in [6.45, 7) is 9.32. The van der Waals surface area contributed by atoms with E-state index in [-0.39, 0.29) is 10.6 Å². The fraction of sp³-hybridized carbons (Fsp3) is 0.545. The third-order valence-electron chi connectivity index (χ3n) is 6.04. The van der Waals surface area contributed by atoms with E-state index < -0.39 is 15.8 Å². The van der Waals surface area contributed by atoms with Gasteiger partial charge in [-0.3, -0.25) is 0 Å². The molecule has 0 saturated carbocycles. The van der Waals surface area contributed by atoms with E-state index in [1.165, 1.54) is 16.4 Å². The van der Waals surface area contributed by atoms with Gasteiger partial charge in [-0.25, -0.2) is 22.8 Å². The summed E-state index contributed by atoms with van der Waals surface area (Å²) in [4.78, 5) is 15.8. The Bertz CT molecular complexity index is 1080. The van der Waals surface area contributed by atoms with Crippen molar-refractivity contribution in [1.29, 1.82) is 0 Å². The maximum atomic E-state index is 14.2. The van der Waals surface area contributed by atoms with Crippen LogP contribution in [0.2, 0.25) is 0 Å². The molecule has 2 aliphatic heterocycles. The van der Waals surface area contributed by atoms with E-state index in [4.69, 9.17) is 4.74 Å². The van der Waals surface area contributed by atoms with E-state index in [1.807, 2.05) is 13.0 Å². The molecule has 1 aromatic carbocycles.